The summed E-state index contributed by atoms with van der Waals surface area (Å²) in [6.45, 7) is 9.14. The lowest BCUT2D eigenvalue weighted by molar-refractivity contribution is -0.126. The van der Waals surface area contributed by atoms with Crippen molar-refractivity contribution in [1.82, 2.24) is 15.1 Å². The van der Waals surface area contributed by atoms with Crippen LogP contribution >= 0.6 is 0 Å². The number of likely N-dealkylation sites (tertiary alicyclic amines) is 1. The summed E-state index contributed by atoms with van der Waals surface area (Å²) in [4.78, 5) is 29.7. The third kappa shape index (κ3) is 3.56. The van der Waals surface area contributed by atoms with Crippen LogP contribution in [0, 0.1) is 11.8 Å². The monoisotopic (exact) mass is 451 g/mol. The minimum absolute atomic E-state index is 0.0652. The molecule has 3 aliphatic heterocycles. The second-order valence-corrected chi connectivity index (χ2v) is 10.3. The van der Waals surface area contributed by atoms with Gasteiger partial charge in [-0.1, -0.05) is 6.58 Å². The van der Waals surface area contributed by atoms with Gasteiger partial charge in [0.1, 0.15) is 17.9 Å². The molecule has 5 atom stereocenters. The zero-order chi connectivity index (χ0) is 22.7. The maximum Gasteiger partial charge on any atom is 0.255 e. The van der Waals surface area contributed by atoms with Crippen molar-refractivity contribution in [2.24, 2.45) is 11.8 Å². The normalized spacial score (nSPS) is 33.9. The molecule has 2 aliphatic carbocycles. The molecule has 1 unspecified atom stereocenters. The lowest BCUT2D eigenvalue weighted by Gasteiger charge is -2.47. The van der Waals surface area contributed by atoms with Crippen molar-refractivity contribution < 1.29 is 19.1 Å². The molecule has 2 amide bonds. The molecule has 1 aromatic carbocycles. The number of rotatable bonds is 6. The number of nitrogens with zero attached hydrogens (tertiary/aromatic N) is 2. The van der Waals surface area contributed by atoms with Crippen molar-refractivity contribution in [3.05, 3.63) is 41.6 Å². The number of allylic oxidation sites excluding steroid dienone is 1. The topological polar surface area (TPSA) is 71.1 Å². The van der Waals surface area contributed by atoms with Gasteiger partial charge in [0.2, 0.25) is 5.91 Å². The quantitative estimate of drug-likeness (QED) is 0.720. The molecule has 2 saturated heterocycles. The van der Waals surface area contributed by atoms with Crippen molar-refractivity contribution in [3.8, 4) is 5.75 Å². The summed E-state index contributed by atoms with van der Waals surface area (Å²) in [5, 5.41) is 2.80. The fourth-order valence-corrected chi connectivity index (χ4v) is 6.80. The van der Waals surface area contributed by atoms with E-state index in [2.05, 4.69) is 23.7 Å². The van der Waals surface area contributed by atoms with Crippen molar-refractivity contribution in [3.63, 3.8) is 0 Å². The van der Waals surface area contributed by atoms with E-state index >= 15 is 0 Å². The zero-order valence-corrected chi connectivity index (χ0v) is 19.3. The van der Waals surface area contributed by atoms with Gasteiger partial charge < -0.3 is 19.7 Å². The van der Waals surface area contributed by atoms with Crippen molar-refractivity contribution in [2.45, 2.75) is 69.9 Å². The molecule has 3 heterocycles. The minimum atomic E-state index is -0.431. The highest BCUT2D eigenvalue weighted by Gasteiger charge is 2.53. The SMILES string of the molecule is C=C1CCC(N2Cc3cc(O[C@@H]4[C@@H]5CC[C@@H](C5)[C@@H]4N4CC(OCC)C4)ccc3C2=O)C(=O)N1. The maximum atomic E-state index is 13.0. The Bertz CT molecular complexity index is 988. The number of carbonyl (C=O) groups is 2. The van der Waals surface area contributed by atoms with E-state index in [1.54, 1.807) is 4.90 Å². The average Bonchev–Trinajstić information content (AvgIpc) is 3.45. The Morgan fingerprint density at radius 3 is 2.76 bits per heavy atom. The van der Waals surface area contributed by atoms with Crippen LogP contribution in [0.5, 0.6) is 5.75 Å². The number of benzene rings is 1. The Morgan fingerprint density at radius 2 is 1.97 bits per heavy atom. The highest BCUT2D eigenvalue weighted by Crippen LogP contribution is 2.49. The van der Waals surface area contributed by atoms with E-state index in [4.69, 9.17) is 9.47 Å². The molecule has 5 aliphatic rings. The molecule has 0 radical (unpaired) electrons. The molecule has 4 fully saturated rings. The molecule has 1 N–H and O–H groups in total. The maximum absolute atomic E-state index is 13.0. The first-order chi connectivity index (χ1) is 16.0. The Morgan fingerprint density at radius 1 is 1.15 bits per heavy atom. The summed E-state index contributed by atoms with van der Waals surface area (Å²) in [5.41, 5.74) is 2.37. The van der Waals surface area contributed by atoms with Crippen LogP contribution in [0.15, 0.2) is 30.5 Å². The van der Waals surface area contributed by atoms with E-state index in [0.29, 0.717) is 48.9 Å². The first kappa shape index (κ1) is 21.2. The summed E-state index contributed by atoms with van der Waals surface area (Å²) in [5.74, 6) is 1.97. The third-order valence-electron chi connectivity index (χ3n) is 8.38. The van der Waals surface area contributed by atoms with Gasteiger partial charge in [-0.05, 0) is 74.6 Å². The van der Waals surface area contributed by atoms with Gasteiger partial charge in [-0.25, -0.2) is 0 Å². The van der Waals surface area contributed by atoms with E-state index in [1.807, 2.05) is 18.2 Å². The van der Waals surface area contributed by atoms with Gasteiger partial charge >= 0.3 is 0 Å². The number of amides is 2. The summed E-state index contributed by atoms with van der Waals surface area (Å²) in [6.07, 6.45) is 5.69. The van der Waals surface area contributed by atoms with Crippen LogP contribution in [0.3, 0.4) is 0 Å². The van der Waals surface area contributed by atoms with E-state index in [-0.39, 0.29) is 17.9 Å². The minimum Gasteiger partial charge on any atom is -0.488 e. The van der Waals surface area contributed by atoms with Gasteiger partial charge in [0.25, 0.3) is 5.91 Å². The lowest BCUT2D eigenvalue weighted by Crippen LogP contribution is -2.61. The van der Waals surface area contributed by atoms with Gasteiger partial charge in [0.05, 0.1) is 6.10 Å². The zero-order valence-electron chi connectivity index (χ0n) is 19.3. The summed E-state index contributed by atoms with van der Waals surface area (Å²) in [6, 6.07) is 5.87. The van der Waals surface area contributed by atoms with Crippen molar-refractivity contribution in [2.75, 3.05) is 19.7 Å². The predicted molar refractivity (Wildman–Crippen MR) is 123 cm³/mol. The molecular formula is C26H33N3O4. The molecule has 7 heteroatoms. The number of nitrogens with one attached hydrogen (secondary N) is 1. The summed E-state index contributed by atoms with van der Waals surface area (Å²) in [7, 11) is 0. The number of ether oxygens (including phenoxy) is 2. The fourth-order valence-electron chi connectivity index (χ4n) is 6.80. The van der Waals surface area contributed by atoms with Crippen LogP contribution in [-0.4, -0.2) is 65.6 Å². The van der Waals surface area contributed by atoms with Crippen LogP contribution in [0.1, 0.15) is 54.9 Å². The highest BCUT2D eigenvalue weighted by atomic mass is 16.5. The Hall–Kier alpha value is -2.38. The summed E-state index contributed by atoms with van der Waals surface area (Å²) < 4.78 is 12.4. The second kappa shape index (κ2) is 8.13. The first-order valence-electron chi connectivity index (χ1n) is 12.5. The molecule has 2 saturated carbocycles. The number of fused-ring (bicyclic) bond motifs is 3. The standard InChI is InChI=1S/C26H33N3O4/c1-3-32-20-13-28(14-20)23-16-5-6-17(10-16)24(23)33-19-7-8-21-18(11-19)12-29(26(21)31)22-9-4-15(2)27-25(22)30/h7-8,11,16-17,20,22-24H,2-6,9-10,12-14H2,1H3,(H,27,30)/t16-,17+,22?,23-,24+/m0/s1. The average molecular weight is 452 g/mol. The van der Waals surface area contributed by atoms with E-state index in [1.165, 1.54) is 19.3 Å². The summed E-state index contributed by atoms with van der Waals surface area (Å²) >= 11 is 0. The fraction of sp³-hybridized carbons (Fsp3) is 0.615. The van der Waals surface area contributed by atoms with Gasteiger partial charge in [-0.2, -0.15) is 0 Å². The molecule has 33 heavy (non-hydrogen) atoms. The number of hydrogen-bond acceptors (Lipinski definition) is 5. The van der Waals surface area contributed by atoms with Crippen LogP contribution in [0.25, 0.3) is 0 Å². The van der Waals surface area contributed by atoms with Gasteiger partial charge in [0.15, 0.2) is 0 Å². The van der Waals surface area contributed by atoms with Crippen LogP contribution in [-0.2, 0) is 16.1 Å². The molecule has 0 aromatic heterocycles. The van der Waals surface area contributed by atoms with Gasteiger partial charge in [-0.3, -0.25) is 14.5 Å². The second-order valence-electron chi connectivity index (χ2n) is 10.3. The molecule has 7 nitrogen and oxygen atoms in total. The largest absolute Gasteiger partial charge is 0.488 e. The Labute approximate surface area is 195 Å². The Balaban J connectivity index is 1.16. The molecule has 176 valence electrons. The molecule has 0 spiro atoms. The lowest BCUT2D eigenvalue weighted by atomic mass is 9.89. The number of hydrogen-bond donors (Lipinski definition) is 1. The number of carbonyl (C=O) groups excluding carboxylic acids is 2. The van der Waals surface area contributed by atoms with E-state index < -0.39 is 6.04 Å². The van der Waals surface area contributed by atoms with Crippen LogP contribution in [0.2, 0.25) is 0 Å². The molecule has 1 aromatic rings. The highest BCUT2D eigenvalue weighted by molar-refractivity contribution is 6.01. The predicted octanol–water partition coefficient (Wildman–Crippen LogP) is 2.70. The van der Waals surface area contributed by atoms with E-state index in [0.717, 1.165) is 36.7 Å². The van der Waals surface area contributed by atoms with Crippen LogP contribution in [0.4, 0.5) is 0 Å². The van der Waals surface area contributed by atoms with Crippen molar-refractivity contribution in [1.29, 1.82) is 0 Å². The molecule has 6 rings (SSSR count). The molecule has 2 bridgehead atoms. The molecular weight excluding hydrogens is 418 g/mol. The smallest absolute Gasteiger partial charge is 0.255 e. The first-order valence-corrected chi connectivity index (χ1v) is 12.5. The van der Waals surface area contributed by atoms with E-state index in [9.17, 15) is 9.59 Å². The van der Waals surface area contributed by atoms with Gasteiger partial charge in [-0.15, -0.1) is 0 Å². The van der Waals surface area contributed by atoms with Gasteiger partial charge in [0, 0.05) is 43.5 Å². The Kier molecular flexibility index (Phi) is 5.22. The van der Waals surface area contributed by atoms with Crippen molar-refractivity contribution >= 4 is 11.8 Å². The number of piperidine rings is 1. The third-order valence-corrected chi connectivity index (χ3v) is 8.38. The van der Waals surface area contributed by atoms with Crippen LogP contribution < -0.4 is 10.1 Å².